The minimum absolute atomic E-state index is 0.246. The first-order chi connectivity index (χ1) is 9.63. The SMILES string of the molecule is OC(Cc1ccc(Cl)cc1F)c1cc2ccccc2s1. The Morgan fingerprint density at radius 1 is 1.15 bits per heavy atom. The first kappa shape index (κ1) is 13.6. The molecule has 102 valence electrons. The Morgan fingerprint density at radius 2 is 1.95 bits per heavy atom. The normalized spacial score (nSPS) is 12.8. The largest absolute Gasteiger partial charge is 0.387 e. The number of rotatable bonds is 3. The second-order valence-corrected chi connectivity index (χ2v) is 6.19. The lowest BCUT2D eigenvalue weighted by Crippen LogP contribution is -2.01. The summed E-state index contributed by atoms with van der Waals surface area (Å²) in [5.41, 5.74) is 0.472. The first-order valence-electron chi connectivity index (χ1n) is 6.24. The van der Waals surface area contributed by atoms with E-state index in [0.29, 0.717) is 10.6 Å². The minimum Gasteiger partial charge on any atom is -0.387 e. The molecule has 0 spiro atoms. The zero-order valence-corrected chi connectivity index (χ0v) is 12.1. The Morgan fingerprint density at radius 3 is 2.70 bits per heavy atom. The molecule has 0 bridgehead atoms. The Kier molecular flexibility index (Phi) is 3.74. The highest BCUT2D eigenvalue weighted by molar-refractivity contribution is 7.19. The zero-order chi connectivity index (χ0) is 14.1. The molecule has 0 saturated carbocycles. The summed E-state index contributed by atoms with van der Waals surface area (Å²) in [5, 5.41) is 11.7. The average Bonchev–Trinajstić information content (AvgIpc) is 2.86. The molecule has 0 radical (unpaired) electrons. The molecule has 4 heteroatoms. The van der Waals surface area contributed by atoms with Crippen LogP contribution in [0.4, 0.5) is 4.39 Å². The lowest BCUT2D eigenvalue weighted by Gasteiger charge is -2.09. The van der Waals surface area contributed by atoms with Gasteiger partial charge in [0, 0.05) is 21.0 Å². The molecule has 20 heavy (non-hydrogen) atoms. The lowest BCUT2D eigenvalue weighted by molar-refractivity contribution is 0.181. The zero-order valence-electron chi connectivity index (χ0n) is 10.5. The summed E-state index contributed by atoms with van der Waals surface area (Å²) >= 11 is 7.26. The number of aliphatic hydroxyl groups is 1. The summed E-state index contributed by atoms with van der Waals surface area (Å²) in [7, 11) is 0. The summed E-state index contributed by atoms with van der Waals surface area (Å²) in [6, 6.07) is 14.4. The van der Waals surface area contributed by atoms with E-state index in [1.165, 1.54) is 17.4 Å². The van der Waals surface area contributed by atoms with Gasteiger partial charge in [-0.2, -0.15) is 0 Å². The van der Waals surface area contributed by atoms with Gasteiger partial charge in [0.1, 0.15) is 5.82 Å². The van der Waals surface area contributed by atoms with E-state index in [9.17, 15) is 9.50 Å². The highest BCUT2D eigenvalue weighted by atomic mass is 35.5. The van der Waals surface area contributed by atoms with Gasteiger partial charge in [-0.15, -0.1) is 11.3 Å². The van der Waals surface area contributed by atoms with E-state index in [0.717, 1.165) is 15.0 Å². The van der Waals surface area contributed by atoms with Crippen molar-refractivity contribution < 1.29 is 9.50 Å². The maximum Gasteiger partial charge on any atom is 0.127 e. The summed E-state index contributed by atoms with van der Waals surface area (Å²) in [4.78, 5) is 0.848. The smallest absolute Gasteiger partial charge is 0.127 e. The van der Waals surface area contributed by atoms with Crippen molar-refractivity contribution in [1.29, 1.82) is 0 Å². The van der Waals surface area contributed by atoms with Crippen molar-refractivity contribution in [1.82, 2.24) is 0 Å². The number of halogens is 2. The predicted molar refractivity (Wildman–Crippen MR) is 81.9 cm³/mol. The van der Waals surface area contributed by atoms with Crippen LogP contribution >= 0.6 is 22.9 Å². The van der Waals surface area contributed by atoms with Crippen LogP contribution in [0.3, 0.4) is 0 Å². The molecule has 0 aliphatic carbocycles. The van der Waals surface area contributed by atoms with Gasteiger partial charge in [-0.25, -0.2) is 4.39 Å². The summed E-state index contributed by atoms with van der Waals surface area (Å²) < 4.78 is 14.9. The van der Waals surface area contributed by atoms with E-state index in [4.69, 9.17) is 11.6 Å². The van der Waals surface area contributed by atoms with Crippen LogP contribution in [-0.4, -0.2) is 5.11 Å². The first-order valence-corrected chi connectivity index (χ1v) is 7.43. The molecule has 0 aliphatic heterocycles. The van der Waals surface area contributed by atoms with Crippen LogP contribution in [-0.2, 0) is 6.42 Å². The van der Waals surface area contributed by atoms with Crippen molar-refractivity contribution in [3.8, 4) is 0 Å². The molecule has 0 saturated heterocycles. The molecule has 1 unspecified atom stereocenters. The topological polar surface area (TPSA) is 20.2 Å². The van der Waals surface area contributed by atoms with Crippen LogP contribution in [0.15, 0.2) is 48.5 Å². The lowest BCUT2D eigenvalue weighted by atomic mass is 10.1. The van der Waals surface area contributed by atoms with Gasteiger partial charge in [-0.1, -0.05) is 35.9 Å². The predicted octanol–water partition coefficient (Wildman–Crippen LogP) is 4.97. The van der Waals surface area contributed by atoms with Gasteiger partial charge in [0.25, 0.3) is 0 Å². The quantitative estimate of drug-likeness (QED) is 0.724. The van der Waals surface area contributed by atoms with Crippen molar-refractivity contribution in [3.63, 3.8) is 0 Å². The van der Waals surface area contributed by atoms with Gasteiger partial charge in [0.15, 0.2) is 0 Å². The maximum atomic E-state index is 13.7. The standard InChI is InChI=1S/C16H12ClFOS/c17-12-6-5-10(13(18)9-12)7-14(19)16-8-11-3-1-2-4-15(11)20-16/h1-6,8-9,14,19H,7H2. The van der Waals surface area contributed by atoms with Gasteiger partial charge >= 0.3 is 0 Å². The third-order valence-electron chi connectivity index (χ3n) is 3.20. The third kappa shape index (κ3) is 2.70. The molecule has 2 aromatic carbocycles. The second kappa shape index (κ2) is 5.52. The Balaban J connectivity index is 1.86. The number of thiophene rings is 1. The van der Waals surface area contributed by atoms with Gasteiger partial charge < -0.3 is 5.11 Å². The molecule has 0 amide bonds. The summed E-state index contributed by atoms with van der Waals surface area (Å²) in [6.07, 6.45) is -0.460. The fourth-order valence-corrected chi connectivity index (χ4v) is 3.37. The fraction of sp³-hybridized carbons (Fsp3) is 0.125. The molecule has 1 N–H and O–H groups in total. The van der Waals surface area contributed by atoms with Gasteiger partial charge in [0.2, 0.25) is 0 Å². The molecule has 1 atom stereocenters. The number of hydrogen-bond acceptors (Lipinski definition) is 2. The van der Waals surface area contributed by atoms with E-state index < -0.39 is 6.10 Å². The highest BCUT2D eigenvalue weighted by Gasteiger charge is 2.14. The van der Waals surface area contributed by atoms with Crippen LogP contribution in [0.5, 0.6) is 0 Å². The minimum atomic E-state index is -0.705. The molecular weight excluding hydrogens is 295 g/mol. The number of aliphatic hydroxyl groups excluding tert-OH is 1. The molecule has 1 heterocycles. The van der Waals surface area contributed by atoms with Gasteiger partial charge in [0.05, 0.1) is 6.10 Å². The van der Waals surface area contributed by atoms with Crippen molar-refractivity contribution in [3.05, 3.63) is 69.8 Å². The average molecular weight is 307 g/mol. The fourth-order valence-electron chi connectivity index (χ4n) is 2.16. The van der Waals surface area contributed by atoms with Gasteiger partial charge in [-0.3, -0.25) is 0 Å². The number of hydrogen-bond donors (Lipinski definition) is 1. The molecule has 1 aromatic heterocycles. The van der Waals surface area contributed by atoms with Crippen LogP contribution in [0, 0.1) is 5.82 Å². The Labute approximate surface area is 125 Å². The van der Waals surface area contributed by atoms with Crippen LogP contribution in [0.2, 0.25) is 5.02 Å². The van der Waals surface area contributed by atoms with Crippen LogP contribution in [0.25, 0.3) is 10.1 Å². The van der Waals surface area contributed by atoms with E-state index in [-0.39, 0.29) is 12.2 Å². The van der Waals surface area contributed by atoms with Crippen molar-refractivity contribution >= 4 is 33.0 Å². The van der Waals surface area contributed by atoms with Crippen LogP contribution in [0.1, 0.15) is 16.5 Å². The Bertz CT molecular complexity index is 720. The van der Waals surface area contributed by atoms with Crippen LogP contribution < -0.4 is 0 Å². The Hall–Kier alpha value is -1.42. The molecule has 0 fully saturated rings. The van der Waals surface area contributed by atoms with E-state index in [2.05, 4.69) is 0 Å². The van der Waals surface area contributed by atoms with E-state index >= 15 is 0 Å². The molecule has 0 aliphatic rings. The monoisotopic (exact) mass is 306 g/mol. The number of benzene rings is 2. The highest BCUT2D eigenvalue weighted by Crippen LogP contribution is 2.31. The molecule has 1 nitrogen and oxygen atoms in total. The van der Waals surface area contributed by atoms with Crippen molar-refractivity contribution in [2.75, 3.05) is 0 Å². The maximum absolute atomic E-state index is 13.7. The van der Waals surface area contributed by atoms with Gasteiger partial charge in [-0.05, 0) is 35.2 Å². The third-order valence-corrected chi connectivity index (χ3v) is 4.65. The van der Waals surface area contributed by atoms with E-state index in [1.807, 2.05) is 30.3 Å². The number of fused-ring (bicyclic) bond motifs is 1. The molecule has 3 aromatic rings. The van der Waals surface area contributed by atoms with Crippen molar-refractivity contribution in [2.45, 2.75) is 12.5 Å². The molecule has 3 rings (SSSR count). The summed E-state index contributed by atoms with van der Waals surface area (Å²) in [6.45, 7) is 0. The second-order valence-electron chi connectivity index (χ2n) is 4.64. The van der Waals surface area contributed by atoms with E-state index in [1.54, 1.807) is 12.1 Å². The summed E-state index contributed by atoms with van der Waals surface area (Å²) in [5.74, 6) is -0.377. The van der Waals surface area contributed by atoms with Crippen molar-refractivity contribution in [2.24, 2.45) is 0 Å². The molecular formula is C16H12ClFOS.